The number of fused-ring (bicyclic) bond motifs is 1. The zero-order chi connectivity index (χ0) is 16.2. The molecular weight excluding hydrogens is 286 g/mol. The summed E-state index contributed by atoms with van der Waals surface area (Å²) in [6, 6.07) is -0.0412. The third-order valence-electron chi connectivity index (χ3n) is 3.06. The fraction of sp³-hybridized carbons (Fsp3) is 0.833. The molecule has 1 aliphatic heterocycles. The molecule has 122 valence electrons. The van der Waals surface area contributed by atoms with E-state index in [1.807, 2.05) is 13.8 Å². The lowest BCUT2D eigenvalue weighted by Crippen LogP contribution is -2.35. The van der Waals surface area contributed by atoms with Gasteiger partial charge in [0.05, 0.1) is 19.3 Å². The van der Waals surface area contributed by atoms with Crippen molar-refractivity contribution in [3.63, 3.8) is 0 Å². The van der Waals surface area contributed by atoms with Crippen molar-refractivity contribution < 1.29 is 39.1 Å². The Labute approximate surface area is 121 Å². The largest absolute Gasteiger partial charge is 0.473 e. The van der Waals surface area contributed by atoms with Gasteiger partial charge in [0, 0.05) is 6.04 Å². The maximum Gasteiger partial charge on any atom is 0.414 e. The van der Waals surface area contributed by atoms with Gasteiger partial charge >= 0.3 is 11.9 Å². The molecule has 1 heterocycles. The Morgan fingerprint density at radius 1 is 1.24 bits per heavy atom. The molecule has 5 N–H and O–H groups in total. The Morgan fingerprint density at radius 2 is 1.76 bits per heavy atom. The average Bonchev–Trinajstić information content (AvgIpc) is 2.83. The first-order chi connectivity index (χ1) is 9.68. The number of nitrogens with two attached hydrogens (primary N) is 1. The molecule has 4 atom stereocenters. The molecule has 9 heteroatoms. The first-order valence-corrected chi connectivity index (χ1v) is 6.48. The first-order valence-electron chi connectivity index (χ1n) is 6.48. The number of carbonyl (C=O) groups is 2. The van der Waals surface area contributed by atoms with Gasteiger partial charge in [-0.25, -0.2) is 9.59 Å². The third-order valence-corrected chi connectivity index (χ3v) is 3.06. The molecule has 0 spiro atoms. The highest BCUT2D eigenvalue weighted by Gasteiger charge is 2.53. The van der Waals surface area contributed by atoms with E-state index in [1.165, 1.54) is 0 Å². The Kier molecular flexibility index (Phi) is 6.05. The van der Waals surface area contributed by atoms with Crippen molar-refractivity contribution in [1.29, 1.82) is 0 Å². The molecule has 0 radical (unpaired) electrons. The number of aliphatic hydroxyl groups excluding tert-OH is 1. The Morgan fingerprint density at radius 3 is 2.24 bits per heavy atom. The van der Waals surface area contributed by atoms with Crippen LogP contribution in [-0.2, 0) is 23.8 Å². The van der Waals surface area contributed by atoms with Crippen molar-refractivity contribution >= 4 is 11.9 Å². The lowest BCUT2D eigenvalue weighted by Gasteiger charge is -2.22. The lowest BCUT2D eigenvalue weighted by atomic mass is 10.2. The van der Waals surface area contributed by atoms with Gasteiger partial charge in [-0.1, -0.05) is 0 Å². The van der Waals surface area contributed by atoms with Gasteiger partial charge in [0.1, 0.15) is 12.2 Å². The van der Waals surface area contributed by atoms with E-state index in [-0.39, 0.29) is 31.0 Å². The van der Waals surface area contributed by atoms with Crippen LogP contribution in [0.3, 0.4) is 0 Å². The molecule has 0 bridgehead atoms. The van der Waals surface area contributed by atoms with Gasteiger partial charge in [-0.15, -0.1) is 0 Å². The van der Waals surface area contributed by atoms with Crippen LogP contribution in [-0.4, -0.2) is 70.6 Å². The smallest absolute Gasteiger partial charge is 0.414 e. The number of aliphatic hydroxyl groups is 1. The van der Waals surface area contributed by atoms with Crippen LogP contribution in [0.15, 0.2) is 0 Å². The minimum absolute atomic E-state index is 0.0212. The number of ether oxygens (including phenoxy) is 3. The van der Waals surface area contributed by atoms with Crippen LogP contribution < -0.4 is 5.73 Å². The number of aliphatic carboxylic acids is 2. The van der Waals surface area contributed by atoms with E-state index in [2.05, 4.69) is 0 Å². The van der Waals surface area contributed by atoms with Crippen LogP contribution in [0.25, 0.3) is 0 Å². The van der Waals surface area contributed by atoms with Gasteiger partial charge < -0.3 is 35.3 Å². The topological polar surface area (TPSA) is 149 Å². The summed E-state index contributed by atoms with van der Waals surface area (Å²) in [7, 11) is 0. The Bertz CT molecular complexity index is 373. The van der Waals surface area contributed by atoms with Crippen LogP contribution in [0.2, 0.25) is 0 Å². The highest BCUT2D eigenvalue weighted by Crippen LogP contribution is 2.38. The summed E-state index contributed by atoms with van der Waals surface area (Å²) in [6.07, 6.45) is 0.495. The molecule has 1 saturated heterocycles. The monoisotopic (exact) mass is 307 g/mol. The van der Waals surface area contributed by atoms with Crippen LogP contribution in [0.5, 0.6) is 0 Å². The molecule has 2 aliphatic rings. The summed E-state index contributed by atoms with van der Waals surface area (Å²) in [6.45, 7) is 4.10. The standard InChI is InChI=1S/C10H19NO4.C2H2O4/c1-10(2)14-8-6(11)5-7(9(8)15-10)13-4-3-12;3-1(4)2(5)6/h6-9,12H,3-5,11H2,1-2H3;(H,3,4)(H,5,6)/t6-,7+,8+,9-;/m1./s1. The van der Waals surface area contributed by atoms with E-state index in [0.29, 0.717) is 6.61 Å². The second-order valence-electron chi connectivity index (χ2n) is 5.21. The number of carboxylic acid groups (broad SMARTS) is 2. The second-order valence-corrected chi connectivity index (χ2v) is 5.21. The average molecular weight is 307 g/mol. The predicted molar refractivity (Wildman–Crippen MR) is 68.5 cm³/mol. The van der Waals surface area contributed by atoms with E-state index >= 15 is 0 Å². The second kappa shape index (κ2) is 7.14. The Hall–Kier alpha value is -1.26. The summed E-state index contributed by atoms with van der Waals surface area (Å²) in [5.41, 5.74) is 5.96. The van der Waals surface area contributed by atoms with E-state index < -0.39 is 17.7 Å². The minimum Gasteiger partial charge on any atom is -0.473 e. The highest BCUT2D eigenvalue weighted by molar-refractivity contribution is 6.27. The quantitative estimate of drug-likeness (QED) is 0.470. The number of carboxylic acids is 2. The highest BCUT2D eigenvalue weighted by atomic mass is 16.8. The summed E-state index contributed by atoms with van der Waals surface area (Å²) < 4.78 is 16.9. The molecule has 2 rings (SSSR count). The van der Waals surface area contributed by atoms with Gasteiger partial charge in [-0.2, -0.15) is 0 Å². The van der Waals surface area contributed by atoms with Gasteiger partial charge in [0.25, 0.3) is 0 Å². The lowest BCUT2D eigenvalue weighted by molar-refractivity contribution is -0.168. The fourth-order valence-corrected chi connectivity index (χ4v) is 2.34. The number of hydrogen-bond acceptors (Lipinski definition) is 7. The van der Waals surface area contributed by atoms with Crippen molar-refractivity contribution in [2.24, 2.45) is 5.73 Å². The molecular formula is C12H21NO8. The molecule has 0 aromatic heterocycles. The van der Waals surface area contributed by atoms with E-state index in [9.17, 15) is 0 Å². The molecule has 1 saturated carbocycles. The van der Waals surface area contributed by atoms with Gasteiger partial charge in [-0.3, -0.25) is 0 Å². The van der Waals surface area contributed by atoms with Crippen molar-refractivity contribution in [1.82, 2.24) is 0 Å². The number of rotatable bonds is 3. The zero-order valence-corrected chi connectivity index (χ0v) is 11.9. The van der Waals surface area contributed by atoms with Crippen molar-refractivity contribution in [3.8, 4) is 0 Å². The van der Waals surface area contributed by atoms with Gasteiger partial charge in [-0.05, 0) is 20.3 Å². The zero-order valence-electron chi connectivity index (χ0n) is 11.9. The van der Waals surface area contributed by atoms with Crippen LogP contribution in [0.1, 0.15) is 20.3 Å². The van der Waals surface area contributed by atoms with E-state index in [4.69, 9.17) is 44.9 Å². The molecule has 1 aliphatic carbocycles. The predicted octanol–water partition coefficient (Wildman–Crippen LogP) is -1.23. The van der Waals surface area contributed by atoms with Crippen LogP contribution in [0, 0.1) is 0 Å². The third kappa shape index (κ3) is 4.90. The summed E-state index contributed by atoms with van der Waals surface area (Å²) >= 11 is 0. The number of hydrogen-bond donors (Lipinski definition) is 4. The first kappa shape index (κ1) is 17.8. The van der Waals surface area contributed by atoms with E-state index in [0.717, 1.165) is 6.42 Å². The summed E-state index contributed by atoms with van der Waals surface area (Å²) in [5, 5.41) is 23.5. The van der Waals surface area contributed by atoms with Crippen LogP contribution in [0.4, 0.5) is 0 Å². The van der Waals surface area contributed by atoms with Crippen molar-refractivity contribution in [2.75, 3.05) is 13.2 Å². The molecule has 21 heavy (non-hydrogen) atoms. The molecule has 2 fully saturated rings. The maximum absolute atomic E-state index is 9.10. The van der Waals surface area contributed by atoms with Gasteiger partial charge in [0.15, 0.2) is 5.79 Å². The molecule has 9 nitrogen and oxygen atoms in total. The fourth-order valence-electron chi connectivity index (χ4n) is 2.34. The normalized spacial score (nSPS) is 33.0. The Balaban J connectivity index is 0.000000315. The SMILES string of the molecule is CC1(C)O[C@@H]2[C@H](O1)[C@@H](OCCO)C[C@H]2N.O=C(O)C(=O)O. The molecule has 0 amide bonds. The minimum atomic E-state index is -1.82. The van der Waals surface area contributed by atoms with E-state index in [1.54, 1.807) is 0 Å². The molecule has 0 aromatic rings. The molecule has 0 unspecified atom stereocenters. The van der Waals surface area contributed by atoms with Crippen molar-refractivity contribution in [3.05, 3.63) is 0 Å². The summed E-state index contributed by atoms with van der Waals surface area (Å²) in [4.78, 5) is 18.2. The summed E-state index contributed by atoms with van der Waals surface area (Å²) in [5.74, 6) is -4.22. The molecule has 0 aromatic carbocycles. The van der Waals surface area contributed by atoms with Crippen LogP contribution >= 0.6 is 0 Å². The maximum atomic E-state index is 9.10. The van der Waals surface area contributed by atoms with Crippen molar-refractivity contribution in [2.45, 2.75) is 50.4 Å². The van der Waals surface area contributed by atoms with Gasteiger partial charge in [0.2, 0.25) is 0 Å².